The maximum Gasteiger partial charge on any atom is 0.406 e. The molecule has 94 valence electrons. The Hall–Kier alpha value is -1.71. The zero-order valence-corrected chi connectivity index (χ0v) is 10.5. The topological polar surface area (TPSA) is 47.6 Å². The van der Waals surface area contributed by atoms with Crippen LogP contribution in [0.1, 0.15) is 25.3 Å². The van der Waals surface area contributed by atoms with Gasteiger partial charge in [-0.05, 0) is 17.5 Å². The molecule has 4 heteroatoms. The first kappa shape index (κ1) is 13.4. The molecule has 0 aliphatic rings. The molecule has 1 aromatic rings. The first-order chi connectivity index (χ1) is 8.15. The number of nitrogens with one attached hydrogen (secondary N) is 1. The molecule has 1 amide bonds. The minimum absolute atomic E-state index is 0.416. The monoisotopic (exact) mass is 237 g/mol. The Kier molecular flexibility index (Phi) is 5.33. The van der Waals surface area contributed by atoms with Gasteiger partial charge in [0.25, 0.3) is 0 Å². The standard InChI is InChI=1S/C13H19NO3/c1-10(2)11-6-4-5-7-12(11)17-9-8-14-13(15)16-3/h4-7,10H,8-9H2,1-3H3,(H,14,15). The van der Waals surface area contributed by atoms with Gasteiger partial charge in [0.1, 0.15) is 12.4 Å². The molecule has 0 aliphatic carbocycles. The molecule has 0 aliphatic heterocycles. The minimum Gasteiger partial charge on any atom is -0.491 e. The lowest BCUT2D eigenvalue weighted by atomic mass is 10.0. The van der Waals surface area contributed by atoms with Crippen molar-refractivity contribution in [2.75, 3.05) is 20.3 Å². The van der Waals surface area contributed by atoms with Crippen molar-refractivity contribution in [3.8, 4) is 5.75 Å². The first-order valence-corrected chi connectivity index (χ1v) is 5.68. The zero-order valence-electron chi connectivity index (χ0n) is 10.5. The third kappa shape index (κ3) is 4.34. The Morgan fingerprint density at radius 1 is 1.35 bits per heavy atom. The highest BCUT2D eigenvalue weighted by atomic mass is 16.5. The van der Waals surface area contributed by atoms with E-state index in [4.69, 9.17) is 4.74 Å². The molecule has 0 aromatic heterocycles. The third-order valence-electron chi connectivity index (χ3n) is 2.36. The van der Waals surface area contributed by atoms with E-state index in [9.17, 15) is 4.79 Å². The molecule has 0 atom stereocenters. The molecule has 0 fully saturated rings. The van der Waals surface area contributed by atoms with Crippen molar-refractivity contribution in [2.24, 2.45) is 0 Å². The highest BCUT2D eigenvalue weighted by molar-refractivity contribution is 5.66. The normalized spacial score (nSPS) is 10.1. The van der Waals surface area contributed by atoms with Gasteiger partial charge in [0, 0.05) is 0 Å². The molecule has 0 bridgehead atoms. The molecule has 4 nitrogen and oxygen atoms in total. The molecule has 1 rings (SSSR count). The van der Waals surface area contributed by atoms with Crippen molar-refractivity contribution < 1.29 is 14.3 Å². The highest BCUT2D eigenvalue weighted by Gasteiger charge is 2.06. The van der Waals surface area contributed by atoms with Crippen molar-refractivity contribution in [1.82, 2.24) is 5.32 Å². The number of ether oxygens (including phenoxy) is 2. The molecule has 0 spiro atoms. The molecule has 0 unspecified atom stereocenters. The fraction of sp³-hybridized carbons (Fsp3) is 0.462. The molecule has 0 radical (unpaired) electrons. The summed E-state index contributed by atoms with van der Waals surface area (Å²) < 4.78 is 10.1. The van der Waals surface area contributed by atoms with Gasteiger partial charge in [-0.15, -0.1) is 0 Å². The number of hydrogen-bond acceptors (Lipinski definition) is 3. The predicted molar refractivity (Wildman–Crippen MR) is 66.4 cm³/mol. The van der Waals surface area contributed by atoms with E-state index in [1.807, 2.05) is 24.3 Å². The van der Waals surface area contributed by atoms with Crippen LogP contribution in [0, 0.1) is 0 Å². The Bertz CT molecular complexity index is 363. The van der Waals surface area contributed by atoms with Crippen molar-refractivity contribution in [3.63, 3.8) is 0 Å². The second-order valence-corrected chi connectivity index (χ2v) is 3.96. The van der Waals surface area contributed by atoms with Gasteiger partial charge in [0.15, 0.2) is 0 Å². The number of rotatable bonds is 5. The molecule has 17 heavy (non-hydrogen) atoms. The SMILES string of the molecule is COC(=O)NCCOc1ccccc1C(C)C. The van der Waals surface area contributed by atoms with Crippen LogP contribution in [0.5, 0.6) is 5.75 Å². The Morgan fingerprint density at radius 3 is 2.71 bits per heavy atom. The van der Waals surface area contributed by atoms with Gasteiger partial charge < -0.3 is 14.8 Å². The summed E-state index contributed by atoms with van der Waals surface area (Å²) in [4.78, 5) is 10.8. The van der Waals surface area contributed by atoms with E-state index in [1.54, 1.807) is 0 Å². The van der Waals surface area contributed by atoms with Crippen LogP contribution in [0.2, 0.25) is 0 Å². The van der Waals surface area contributed by atoms with Crippen molar-refractivity contribution in [1.29, 1.82) is 0 Å². The van der Waals surface area contributed by atoms with Gasteiger partial charge in [0.05, 0.1) is 13.7 Å². The van der Waals surface area contributed by atoms with Crippen LogP contribution in [0.25, 0.3) is 0 Å². The van der Waals surface area contributed by atoms with Crippen LogP contribution in [0.3, 0.4) is 0 Å². The van der Waals surface area contributed by atoms with Crippen LogP contribution in [-0.4, -0.2) is 26.4 Å². The summed E-state index contributed by atoms with van der Waals surface area (Å²) in [7, 11) is 1.34. The lowest BCUT2D eigenvalue weighted by Gasteiger charge is -2.13. The fourth-order valence-corrected chi connectivity index (χ4v) is 1.48. The number of carbonyl (C=O) groups excluding carboxylic acids is 1. The molecular weight excluding hydrogens is 218 g/mol. The van der Waals surface area contributed by atoms with E-state index in [2.05, 4.69) is 23.9 Å². The average molecular weight is 237 g/mol. The second-order valence-electron chi connectivity index (χ2n) is 3.96. The van der Waals surface area contributed by atoms with E-state index in [-0.39, 0.29) is 0 Å². The number of hydrogen-bond donors (Lipinski definition) is 1. The molecule has 0 saturated carbocycles. The summed E-state index contributed by atoms with van der Waals surface area (Å²) in [5.74, 6) is 1.29. The van der Waals surface area contributed by atoms with Crippen LogP contribution < -0.4 is 10.1 Å². The van der Waals surface area contributed by atoms with Gasteiger partial charge >= 0.3 is 6.09 Å². The van der Waals surface area contributed by atoms with Crippen LogP contribution in [-0.2, 0) is 4.74 Å². The number of para-hydroxylation sites is 1. The summed E-state index contributed by atoms with van der Waals surface area (Å²) >= 11 is 0. The second kappa shape index (κ2) is 6.78. The van der Waals surface area contributed by atoms with E-state index in [1.165, 1.54) is 12.7 Å². The van der Waals surface area contributed by atoms with E-state index >= 15 is 0 Å². The first-order valence-electron chi connectivity index (χ1n) is 5.68. The molecular formula is C13H19NO3. The smallest absolute Gasteiger partial charge is 0.406 e. The van der Waals surface area contributed by atoms with Crippen LogP contribution in [0.4, 0.5) is 4.79 Å². The number of alkyl carbamates (subject to hydrolysis) is 1. The van der Waals surface area contributed by atoms with Crippen molar-refractivity contribution >= 4 is 6.09 Å². The van der Waals surface area contributed by atoms with Gasteiger partial charge in [-0.3, -0.25) is 0 Å². The third-order valence-corrected chi connectivity index (χ3v) is 2.36. The summed E-state index contributed by atoms with van der Waals surface area (Å²) in [6.45, 7) is 5.10. The van der Waals surface area contributed by atoms with Crippen molar-refractivity contribution in [2.45, 2.75) is 19.8 Å². The fourth-order valence-electron chi connectivity index (χ4n) is 1.48. The Balaban J connectivity index is 2.44. The lowest BCUT2D eigenvalue weighted by Crippen LogP contribution is -2.27. The summed E-state index contributed by atoms with van der Waals surface area (Å²) in [5, 5.41) is 2.57. The Morgan fingerprint density at radius 2 is 2.06 bits per heavy atom. The molecule has 0 heterocycles. The van der Waals surface area contributed by atoms with E-state index < -0.39 is 6.09 Å². The number of carbonyl (C=O) groups is 1. The number of benzene rings is 1. The maximum atomic E-state index is 10.8. The molecule has 1 aromatic carbocycles. The van der Waals surface area contributed by atoms with Crippen LogP contribution in [0.15, 0.2) is 24.3 Å². The summed E-state index contributed by atoms with van der Waals surface area (Å²) in [6.07, 6.45) is -0.439. The van der Waals surface area contributed by atoms with E-state index in [0.717, 1.165) is 5.75 Å². The predicted octanol–water partition coefficient (Wildman–Crippen LogP) is 2.54. The highest BCUT2D eigenvalue weighted by Crippen LogP contribution is 2.25. The lowest BCUT2D eigenvalue weighted by molar-refractivity contribution is 0.168. The molecule has 1 N–H and O–H groups in total. The quantitative estimate of drug-likeness (QED) is 0.800. The van der Waals surface area contributed by atoms with Crippen LogP contribution >= 0.6 is 0 Å². The summed E-state index contributed by atoms with van der Waals surface area (Å²) in [6, 6.07) is 7.92. The summed E-state index contributed by atoms with van der Waals surface area (Å²) in [5.41, 5.74) is 1.17. The Labute approximate surface area is 102 Å². The number of methoxy groups -OCH3 is 1. The van der Waals surface area contributed by atoms with E-state index in [0.29, 0.717) is 19.1 Å². The number of amides is 1. The largest absolute Gasteiger partial charge is 0.491 e. The van der Waals surface area contributed by atoms with Gasteiger partial charge in [-0.25, -0.2) is 4.79 Å². The average Bonchev–Trinajstić information content (AvgIpc) is 2.34. The zero-order chi connectivity index (χ0) is 12.7. The van der Waals surface area contributed by atoms with Gasteiger partial charge in [-0.2, -0.15) is 0 Å². The molecule has 0 saturated heterocycles. The van der Waals surface area contributed by atoms with Gasteiger partial charge in [-0.1, -0.05) is 32.0 Å². The maximum absolute atomic E-state index is 10.8. The van der Waals surface area contributed by atoms with Gasteiger partial charge in [0.2, 0.25) is 0 Å². The minimum atomic E-state index is -0.439. The van der Waals surface area contributed by atoms with Crippen molar-refractivity contribution in [3.05, 3.63) is 29.8 Å².